The number of aliphatic imine (C=N–C) groups is 1. The number of guanidine groups is 1. The molecule has 3 heterocycles. The van der Waals surface area contributed by atoms with Crippen LogP contribution >= 0.6 is 24.0 Å². The lowest BCUT2D eigenvalue weighted by Crippen LogP contribution is -2.57. The molecule has 8 nitrogen and oxygen atoms in total. The van der Waals surface area contributed by atoms with Gasteiger partial charge >= 0.3 is 0 Å². The number of nitrogens with zero attached hydrogens (tertiary/aromatic N) is 5. The highest BCUT2D eigenvalue weighted by Crippen LogP contribution is 2.14. The number of hydrogen-bond donors (Lipinski definition) is 1. The molecule has 3 aliphatic heterocycles. The van der Waals surface area contributed by atoms with E-state index in [4.69, 9.17) is 9.73 Å². The van der Waals surface area contributed by atoms with Crippen molar-refractivity contribution in [2.45, 2.75) is 39.2 Å². The molecular weight excluding hydrogens is 495 g/mol. The molecule has 3 rings (SSSR count). The third-order valence-corrected chi connectivity index (χ3v) is 6.27. The molecule has 0 spiro atoms. The van der Waals surface area contributed by atoms with E-state index in [0.717, 1.165) is 110 Å². The zero-order chi connectivity index (χ0) is 20.5. The molecular formula is C21H41IN6O2. The van der Waals surface area contributed by atoms with Gasteiger partial charge in [-0.1, -0.05) is 0 Å². The first kappa shape index (κ1) is 25.6. The van der Waals surface area contributed by atoms with Crippen LogP contribution in [0.5, 0.6) is 0 Å². The van der Waals surface area contributed by atoms with Crippen molar-refractivity contribution in [1.29, 1.82) is 0 Å². The van der Waals surface area contributed by atoms with Crippen molar-refractivity contribution >= 4 is 35.8 Å². The minimum absolute atomic E-state index is 0. The minimum Gasteiger partial charge on any atom is -0.379 e. The molecule has 3 aliphatic rings. The van der Waals surface area contributed by atoms with E-state index in [9.17, 15) is 4.79 Å². The number of piperazine rings is 1. The number of carbonyl (C=O) groups excluding carboxylic acids is 1. The van der Waals surface area contributed by atoms with Crippen molar-refractivity contribution in [2.24, 2.45) is 4.99 Å². The van der Waals surface area contributed by atoms with Gasteiger partial charge in [0.05, 0.1) is 19.3 Å². The van der Waals surface area contributed by atoms with Crippen molar-refractivity contribution < 1.29 is 9.53 Å². The van der Waals surface area contributed by atoms with E-state index in [0.29, 0.717) is 5.91 Å². The smallest absolute Gasteiger partial charge is 0.239 e. The van der Waals surface area contributed by atoms with Gasteiger partial charge in [-0.05, 0) is 33.1 Å². The summed E-state index contributed by atoms with van der Waals surface area (Å²) in [7, 11) is 0. The Kier molecular flexibility index (Phi) is 11.7. The predicted molar refractivity (Wildman–Crippen MR) is 132 cm³/mol. The molecule has 1 unspecified atom stereocenters. The summed E-state index contributed by atoms with van der Waals surface area (Å²) in [6.07, 6.45) is 3.39. The van der Waals surface area contributed by atoms with E-state index in [1.54, 1.807) is 0 Å². The van der Waals surface area contributed by atoms with Crippen LogP contribution in [0.2, 0.25) is 0 Å². The first-order chi connectivity index (χ1) is 14.2. The summed E-state index contributed by atoms with van der Waals surface area (Å²) in [5, 5.41) is 3.45. The van der Waals surface area contributed by atoms with Crippen LogP contribution in [-0.4, -0.2) is 123 Å². The molecule has 3 fully saturated rings. The number of nitrogens with one attached hydrogen (secondary N) is 1. The number of morpholine rings is 1. The fourth-order valence-corrected chi connectivity index (χ4v) is 4.41. The predicted octanol–water partition coefficient (Wildman–Crippen LogP) is 0.921. The zero-order valence-corrected chi connectivity index (χ0v) is 21.2. The van der Waals surface area contributed by atoms with E-state index >= 15 is 0 Å². The van der Waals surface area contributed by atoms with Crippen LogP contribution in [0.4, 0.5) is 0 Å². The lowest BCUT2D eigenvalue weighted by Gasteiger charge is -2.39. The monoisotopic (exact) mass is 536 g/mol. The van der Waals surface area contributed by atoms with Crippen molar-refractivity contribution in [3.8, 4) is 0 Å². The van der Waals surface area contributed by atoms with Crippen molar-refractivity contribution in [3.63, 3.8) is 0 Å². The highest BCUT2D eigenvalue weighted by Gasteiger charge is 2.30. The SMILES string of the molecule is CCNC(=NCCCN1CCOCC1)N1CCN(C(C)C(=O)N2CCCC2)CC1.I. The number of ether oxygens (including phenoxy) is 1. The lowest BCUT2D eigenvalue weighted by atomic mass is 10.2. The Bertz CT molecular complexity index is 530. The van der Waals surface area contributed by atoms with E-state index < -0.39 is 0 Å². The summed E-state index contributed by atoms with van der Waals surface area (Å²) in [5.74, 6) is 1.33. The standard InChI is InChI=1S/C21H40N6O2.HI/c1-3-22-21(23-7-6-8-24-15-17-29-18-16-24)27-13-11-25(12-14-27)19(2)20(28)26-9-4-5-10-26;/h19H,3-18H2,1-2H3,(H,22,23);1H. The van der Waals surface area contributed by atoms with Crippen LogP contribution in [0, 0.1) is 0 Å². The highest BCUT2D eigenvalue weighted by molar-refractivity contribution is 14.0. The highest BCUT2D eigenvalue weighted by atomic mass is 127. The average molecular weight is 537 g/mol. The van der Waals surface area contributed by atoms with Crippen LogP contribution in [0.15, 0.2) is 4.99 Å². The van der Waals surface area contributed by atoms with Gasteiger partial charge in [0.1, 0.15) is 0 Å². The van der Waals surface area contributed by atoms with E-state index in [2.05, 4.69) is 33.9 Å². The molecule has 0 aromatic carbocycles. The largest absolute Gasteiger partial charge is 0.379 e. The molecule has 1 amide bonds. The molecule has 30 heavy (non-hydrogen) atoms. The first-order valence-electron chi connectivity index (χ1n) is 11.5. The molecule has 0 bridgehead atoms. The Morgan fingerprint density at radius 1 is 1.00 bits per heavy atom. The summed E-state index contributed by atoms with van der Waals surface area (Å²) in [5.41, 5.74) is 0. The minimum atomic E-state index is -0.0108. The Balaban J connectivity index is 0.00000320. The number of rotatable bonds is 7. The van der Waals surface area contributed by atoms with Crippen molar-refractivity contribution in [1.82, 2.24) is 24.9 Å². The van der Waals surface area contributed by atoms with E-state index in [-0.39, 0.29) is 30.0 Å². The fourth-order valence-electron chi connectivity index (χ4n) is 4.41. The number of likely N-dealkylation sites (tertiary alicyclic amines) is 1. The second kappa shape index (κ2) is 13.7. The maximum Gasteiger partial charge on any atom is 0.239 e. The molecule has 0 saturated carbocycles. The number of amides is 1. The average Bonchev–Trinajstić information content (AvgIpc) is 3.31. The third-order valence-electron chi connectivity index (χ3n) is 6.27. The maximum absolute atomic E-state index is 12.7. The number of carbonyl (C=O) groups is 1. The van der Waals surface area contributed by atoms with Gasteiger partial charge < -0.3 is 19.9 Å². The Hall–Kier alpha value is -0.650. The van der Waals surface area contributed by atoms with Gasteiger partial charge in [-0.3, -0.25) is 19.6 Å². The van der Waals surface area contributed by atoms with Crippen LogP contribution < -0.4 is 5.32 Å². The summed E-state index contributed by atoms with van der Waals surface area (Å²) in [4.78, 5) is 26.7. The Labute approximate surface area is 199 Å². The fraction of sp³-hybridized carbons (Fsp3) is 0.905. The molecule has 1 N–H and O–H groups in total. The van der Waals surface area contributed by atoms with Crippen LogP contribution in [0.3, 0.4) is 0 Å². The molecule has 1 atom stereocenters. The van der Waals surface area contributed by atoms with E-state index in [1.165, 1.54) is 0 Å². The Morgan fingerprint density at radius 3 is 2.30 bits per heavy atom. The van der Waals surface area contributed by atoms with Crippen molar-refractivity contribution in [3.05, 3.63) is 0 Å². The van der Waals surface area contributed by atoms with Crippen LogP contribution in [0.1, 0.15) is 33.1 Å². The van der Waals surface area contributed by atoms with Gasteiger partial charge in [-0.2, -0.15) is 0 Å². The molecule has 0 radical (unpaired) electrons. The normalized spacial score (nSPS) is 22.7. The summed E-state index contributed by atoms with van der Waals surface area (Å²) in [6.45, 7) is 16.4. The first-order valence-corrected chi connectivity index (χ1v) is 11.5. The van der Waals surface area contributed by atoms with Gasteiger partial charge in [0.25, 0.3) is 0 Å². The zero-order valence-electron chi connectivity index (χ0n) is 18.9. The maximum atomic E-state index is 12.7. The van der Waals surface area contributed by atoms with Gasteiger partial charge in [0.2, 0.25) is 5.91 Å². The summed E-state index contributed by atoms with van der Waals surface area (Å²) < 4.78 is 5.41. The molecule has 0 aromatic heterocycles. The van der Waals surface area contributed by atoms with Gasteiger partial charge in [0, 0.05) is 72.0 Å². The second-order valence-corrected chi connectivity index (χ2v) is 8.27. The molecule has 9 heteroatoms. The number of halogens is 1. The lowest BCUT2D eigenvalue weighted by molar-refractivity contribution is -0.135. The molecule has 0 aromatic rings. The molecule has 174 valence electrons. The quantitative estimate of drug-likeness (QED) is 0.226. The van der Waals surface area contributed by atoms with E-state index in [1.807, 2.05) is 4.90 Å². The third kappa shape index (κ3) is 7.49. The van der Waals surface area contributed by atoms with Crippen LogP contribution in [0.25, 0.3) is 0 Å². The van der Waals surface area contributed by atoms with Crippen molar-refractivity contribution in [2.75, 3.05) is 85.2 Å². The van der Waals surface area contributed by atoms with Gasteiger partial charge in [-0.25, -0.2) is 0 Å². The second-order valence-electron chi connectivity index (χ2n) is 8.27. The molecule has 3 saturated heterocycles. The summed E-state index contributed by atoms with van der Waals surface area (Å²) in [6, 6.07) is -0.0108. The topological polar surface area (TPSA) is 63.7 Å². The number of hydrogen-bond acceptors (Lipinski definition) is 5. The van der Waals surface area contributed by atoms with Gasteiger partial charge in [-0.15, -0.1) is 24.0 Å². The summed E-state index contributed by atoms with van der Waals surface area (Å²) >= 11 is 0. The molecule has 0 aliphatic carbocycles. The Morgan fingerprint density at radius 2 is 1.67 bits per heavy atom. The van der Waals surface area contributed by atoms with Crippen LogP contribution in [-0.2, 0) is 9.53 Å². The van der Waals surface area contributed by atoms with Gasteiger partial charge in [0.15, 0.2) is 5.96 Å².